The van der Waals surface area contributed by atoms with Crippen LogP contribution in [0.4, 0.5) is 10.5 Å². The Kier molecular flexibility index (Phi) is 5.84. The lowest BCUT2D eigenvalue weighted by Gasteiger charge is -2.06. The molecule has 2 aromatic carbocycles. The molecule has 0 unspecified atom stereocenters. The van der Waals surface area contributed by atoms with E-state index in [-0.39, 0.29) is 18.0 Å². The van der Waals surface area contributed by atoms with Crippen LogP contribution in [-0.2, 0) is 20.9 Å². The van der Waals surface area contributed by atoms with E-state index >= 15 is 0 Å². The minimum atomic E-state index is -1.11. The zero-order valence-corrected chi connectivity index (χ0v) is 12.4. The van der Waals surface area contributed by atoms with Gasteiger partial charge in [0.25, 0.3) is 5.69 Å². The first-order valence-corrected chi connectivity index (χ1v) is 6.83. The Morgan fingerprint density at radius 2 is 1.62 bits per heavy atom. The fourth-order valence-electron chi connectivity index (χ4n) is 1.66. The van der Waals surface area contributed by atoms with Crippen LogP contribution in [0.1, 0.15) is 5.56 Å². The van der Waals surface area contributed by atoms with Crippen LogP contribution >= 0.6 is 0 Å². The molecule has 0 aromatic heterocycles. The predicted octanol–water partition coefficient (Wildman–Crippen LogP) is 2.85. The minimum Gasteiger partial charge on any atom is -0.458 e. The summed E-state index contributed by atoms with van der Waals surface area (Å²) in [5, 5.41) is 10.5. The standard InChI is InChI=1S/C16H13NO7/c18-15(22-10-12-4-2-1-3-5-12)11-23-16(19)24-14-8-6-13(7-9-14)17(20)21/h1-9H,10-11H2. The van der Waals surface area contributed by atoms with Gasteiger partial charge in [0.15, 0.2) is 6.61 Å². The summed E-state index contributed by atoms with van der Waals surface area (Å²) in [6.07, 6.45) is -1.11. The molecule has 2 rings (SSSR count). The van der Waals surface area contributed by atoms with E-state index in [0.29, 0.717) is 0 Å². The number of nitro benzene ring substituents is 1. The number of benzene rings is 2. The van der Waals surface area contributed by atoms with E-state index in [4.69, 9.17) is 9.47 Å². The van der Waals surface area contributed by atoms with Crippen molar-refractivity contribution >= 4 is 17.8 Å². The summed E-state index contributed by atoms with van der Waals surface area (Å²) in [6.45, 7) is -0.529. The predicted molar refractivity (Wildman–Crippen MR) is 81.3 cm³/mol. The van der Waals surface area contributed by atoms with Crippen molar-refractivity contribution in [1.29, 1.82) is 0 Å². The lowest BCUT2D eigenvalue weighted by molar-refractivity contribution is -0.384. The Balaban J connectivity index is 1.72. The first-order valence-electron chi connectivity index (χ1n) is 6.83. The van der Waals surface area contributed by atoms with Crippen molar-refractivity contribution in [2.75, 3.05) is 6.61 Å². The largest absolute Gasteiger partial charge is 0.514 e. The van der Waals surface area contributed by atoms with Gasteiger partial charge >= 0.3 is 12.1 Å². The number of nitro groups is 1. The molecule has 0 atom stereocenters. The quantitative estimate of drug-likeness (QED) is 0.347. The maximum absolute atomic E-state index is 11.5. The highest BCUT2D eigenvalue weighted by Crippen LogP contribution is 2.17. The van der Waals surface area contributed by atoms with E-state index in [9.17, 15) is 19.7 Å². The van der Waals surface area contributed by atoms with Gasteiger partial charge in [-0.05, 0) is 17.7 Å². The lowest BCUT2D eigenvalue weighted by Crippen LogP contribution is -2.18. The third kappa shape index (κ3) is 5.41. The van der Waals surface area contributed by atoms with Crippen molar-refractivity contribution in [3.8, 4) is 5.75 Å². The molecule has 0 fully saturated rings. The van der Waals surface area contributed by atoms with E-state index in [0.717, 1.165) is 5.56 Å². The van der Waals surface area contributed by atoms with Crippen molar-refractivity contribution in [1.82, 2.24) is 0 Å². The van der Waals surface area contributed by atoms with E-state index in [2.05, 4.69) is 4.74 Å². The van der Waals surface area contributed by atoms with Gasteiger partial charge in [0.05, 0.1) is 4.92 Å². The number of nitrogens with zero attached hydrogens (tertiary/aromatic N) is 1. The molecule has 0 saturated heterocycles. The normalized spacial score (nSPS) is 9.83. The summed E-state index contributed by atoms with van der Waals surface area (Å²) in [5.74, 6) is -0.664. The second-order valence-corrected chi connectivity index (χ2v) is 4.54. The van der Waals surface area contributed by atoms with E-state index in [1.807, 2.05) is 6.07 Å². The molecule has 124 valence electrons. The first-order chi connectivity index (χ1) is 11.5. The lowest BCUT2D eigenvalue weighted by atomic mass is 10.2. The molecular formula is C16H13NO7. The average Bonchev–Trinajstić information content (AvgIpc) is 2.59. The summed E-state index contributed by atoms with van der Waals surface area (Å²) in [6, 6.07) is 13.9. The van der Waals surface area contributed by atoms with Crippen LogP contribution in [-0.4, -0.2) is 23.7 Å². The molecular weight excluding hydrogens is 318 g/mol. The number of carbonyl (C=O) groups is 2. The third-order valence-electron chi connectivity index (χ3n) is 2.80. The molecule has 0 aliphatic rings. The summed E-state index contributed by atoms with van der Waals surface area (Å²) in [5.41, 5.74) is 0.666. The summed E-state index contributed by atoms with van der Waals surface area (Å²) in [7, 11) is 0. The van der Waals surface area contributed by atoms with Gasteiger partial charge in [-0.15, -0.1) is 0 Å². The first kappa shape index (κ1) is 16.9. The molecule has 0 heterocycles. The molecule has 0 saturated carbocycles. The van der Waals surface area contributed by atoms with Crippen molar-refractivity contribution in [3.05, 3.63) is 70.3 Å². The SMILES string of the molecule is O=C(COC(=O)Oc1ccc([N+](=O)[O-])cc1)OCc1ccccc1. The minimum absolute atomic E-state index is 0.0586. The van der Waals surface area contributed by atoms with Gasteiger partial charge in [-0.1, -0.05) is 30.3 Å². The van der Waals surface area contributed by atoms with E-state index in [1.54, 1.807) is 24.3 Å². The zero-order chi connectivity index (χ0) is 17.4. The van der Waals surface area contributed by atoms with Crippen molar-refractivity contribution in [3.63, 3.8) is 0 Å². The van der Waals surface area contributed by atoms with Gasteiger partial charge in [-0.25, -0.2) is 9.59 Å². The molecule has 0 bridgehead atoms. The second kappa shape index (κ2) is 8.28. The number of esters is 1. The van der Waals surface area contributed by atoms with Crippen LogP contribution in [0.25, 0.3) is 0 Å². The van der Waals surface area contributed by atoms with Crippen molar-refractivity contribution < 1.29 is 28.7 Å². The fourth-order valence-corrected chi connectivity index (χ4v) is 1.66. The van der Waals surface area contributed by atoms with Crippen LogP contribution in [0.2, 0.25) is 0 Å². The molecule has 2 aromatic rings. The number of hydrogen-bond donors (Lipinski definition) is 0. The van der Waals surface area contributed by atoms with Crippen molar-refractivity contribution in [2.45, 2.75) is 6.61 Å². The molecule has 0 radical (unpaired) electrons. The Hall–Kier alpha value is -3.42. The number of hydrogen-bond acceptors (Lipinski definition) is 7. The van der Waals surface area contributed by atoms with Crippen LogP contribution in [0.15, 0.2) is 54.6 Å². The Bertz CT molecular complexity index is 713. The fraction of sp³-hybridized carbons (Fsp3) is 0.125. The Morgan fingerprint density at radius 3 is 2.25 bits per heavy atom. The summed E-state index contributed by atoms with van der Waals surface area (Å²) >= 11 is 0. The number of non-ortho nitro benzene ring substituents is 1. The smallest absolute Gasteiger partial charge is 0.458 e. The Morgan fingerprint density at radius 1 is 0.958 bits per heavy atom. The zero-order valence-electron chi connectivity index (χ0n) is 12.4. The van der Waals surface area contributed by atoms with E-state index in [1.165, 1.54) is 24.3 Å². The third-order valence-corrected chi connectivity index (χ3v) is 2.80. The number of carbonyl (C=O) groups excluding carboxylic acids is 2. The molecule has 0 aliphatic carbocycles. The molecule has 24 heavy (non-hydrogen) atoms. The molecule has 0 amide bonds. The summed E-state index contributed by atoms with van der Waals surface area (Å²) < 4.78 is 14.3. The maximum atomic E-state index is 11.5. The van der Waals surface area contributed by atoms with Crippen molar-refractivity contribution in [2.24, 2.45) is 0 Å². The van der Waals surface area contributed by atoms with Crippen LogP contribution in [0.5, 0.6) is 5.75 Å². The number of rotatable bonds is 6. The average molecular weight is 331 g/mol. The maximum Gasteiger partial charge on any atom is 0.514 e. The Labute approximate surface area is 136 Å². The number of ether oxygens (including phenoxy) is 3. The topological polar surface area (TPSA) is 105 Å². The monoisotopic (exact) mass is 331 g/mol. The highest BCUT2D eigenvalue weighted by molar-refractivity contribution is 5.74. The van der Waals surface area contributed by atoms with E-state index < -0.39 is 23.7 Å². The summed E-state index contributed by atoms with van der Waals surface area (Å²) in [4.78, 5) is 32.8. The molecule has 0 aliphatic heterocycles. The van der Waals surface area contributed by atoms with Gasteiger partial charge in [0, 0.05) is 12.1 Å². The van der Waals surface area contributed by atoms with Crippen LogP contribution in [0, 0.1) is 10.1 Å². The van der Waals surface area contributed by atoms with Gasteiger partial charge in [-0.3, -0.25) is 10.1 Å². The second-order valence-electron chi connectivity index (χ2n) is 4.54. The van der Waals surface area contributed by atoms with Gasteiger partial charge in [-0.2, -0.15) is 0 Å². The molecule has 0 N–H and O–H groups in total. The molecule has 8 nitrogen and oxygen atoms in total. The van der Waals surface area contributed by atoms with Gasteiger partial charge in [0.2, 0.25) is 0 Å². The molecule has 8 heteroatoms. The highest BCUT2D eigenvalue weighted by atomic mass is 16.7. The van der Waals surface area contributed by atoms with Gasteiger partial charge in [0.1, 0.15) is 12.4 Å². The van der Waals surface area contributed by atoms with Gasteiger partial charge < -0.3 is 14.2 Å². The van der Waals surface area contributed by atoms with Crippen LogP contribution in [0.3, 0.4) is 0 Å². The molecule has 0 spiro atoms. The highest BCUT2D eigenvalue weighted by Gasteiger charge is 2.12. The van der Waals surface area contributed by atoms with Crippen LogP contribution < -0.4 is 4.74 Å².